The lowest BCUT2D eigenvalue weighted by Gasteiger charge is -1.99. The van der Waals surface area contributed by atoms with E-state index in [2.05, 4.69) is 0 Å². The van der Waals surface area contributed by atoms with Crippen molar-refractivity contribution in [3.8, 4) is 0 Å². The first-order valence-corrected chi connectivity index (χ1v) is 4.76. The first kappa shape index (κ1) is 12.1. The Hall–Kier alpha value is -0.890. The van der Waals surface area contributed by atoms with Crippen LogP contribution in [0.15, 0.2) is 24.3 Å². The summed E-state index contributed by atoms with van der Waals surface area (Å²) in [4.78, 5) is 10.8. The molecule has 0 aromatic heterocycles. The van der Waals surface area contributed by atoms with E-state index < -0.39 is 0 Å². The molecule has 0 amide bonds. The summed E-state index contributed by atoms with van der Waals surface area (Å²) in [7, 11) is 0. The zero-order valence-corrected chi connectivity index (χ0v) is 8.36. The normalized spacial score (nSPS) is 14.1. The molecule has 0 radical (unpaired) electrons. The Labute approximate surface area is 80.0 Å². The predicted octanol–water partition coefficient (Wildman–Crippen LogP) is 2.24. The van der Waals surface area contributed by atoms with Gasteiger partial charge in [0.05, 0.1) is 6.10 Å². The average molecular weight is 182 g/mol. The molecule has 13 heavy (non-hydrogen) atoms. The third-order valence-corrected chi connectivity index (χ3v) is 1.66. The number of carbonyl (C=O) groups excluding carboxylic acids is 1. The van der Waals surface area contributed by atoms with Crippen molar-refractivity contribution in [2.24, 2.45) is 0 Å². The van der Waals surface area contributed by atoms with E-state index in [1.54, 1.807) is 18.2 Å². The van der Waals surface area contributed by atoms with Gasteiger partial charge in [-0.05, 0) is 12.5 Å². The molecule has 1 atom stereocenters. The molecule has 2 nitrogen and oxygen atoms in total. The van der Waals surface area contributed by atoms with Crippen molar-refractivity contribution in [3.63, 3.8) is 0 Å². The van der Waals surface area contributed by atoms with E-state index in [1.807, 2.05) is 13.8 Å². The first-order valence-electron chi connectivity index (χ1n) is 4.76. The molecule has 0 rings (SSSR count). The van der Waals surface area contributed by atoms with Gasteiger partial charge < -0.3 is 5.11 Å². The highest BCUT2D eigenvalue weighted by molar-refractivity contribution is 5.89. The molecule has 2 heteroatoms. The average Bonchev–Trinajstić information content (AvgIpc) is 2.12. The maximum Gasteiger partial charge on any atom is 0.155 e. The Morgan fingerprint density at radius 3 is 2.62 bits per heavy atom. The van der Waals surface area contributed by atoms with Crippen molar-refractivity contribution < 1.29 is 9.90 Å². The Morgan fingerprint density at radius 1 is 1.38 bits per heavy atom. The molecule has 0 saturated carbocycles. The number of aliphatic hydroxyl groups is 1. The van der Waals surface area contributed by atoms with Gasteiger partial charge >= 0.3 is 0 Å². The van der Waals surface area contributed by atoms with Gasteiger partial charge in [0.15, 0.2) is 5.78 Å². The van der Waals surface area contributed by atoms with Crippen molar-refractivity contribution >= 4 is 5.78 Å². The molecular formula is C11H18O2. The van der Waals surface area contributed by atoms with Crippen LogP contribution >= 0.6 is 0 Å². The van der Waals surface area contributed by atoms with Gasteiger partial charge in [-0.3, -0.25) is 4.79 Å². The lowest BCUT2D eigenvalue weighted by atomic mass is 10.2. The van der Waals surface area contributed by atoms with Crippen LogP contribution in [0.2, 0.25) is 0 Å². The van der Waals surface area contributed by atoms with Crippen LogP contribution in [0.4, 0.5) is 0 Å². The van der Waals surface area contributed by atoms with Crippen molar-refractivity contribution in [3.05, 3.63) is 24.3 Å². The molecule has 0 aliphatic heterocycles. The Morgan fingerprint density at radius 2 is 2.08 bits per heavy atom. The minimum absolute atomic E-state index is 0.106. The number of ketones is 1. The number of aliphatic hydroxyl groups excluding tert-OH is 1. The molecule has 0 aliphatic rings. The fourth-order valence-electron chi connectivity index (χ4n) is 0.865. The highest BCUT2D eigenvalue weighted by Gasteiger charge is 1.93. The van der Waals surface area contributed by atoms with Crippen LogP contribution in [0.1, 0.15) is 33.1 Å². The summed E-state index contributed by atoms with van der Waals surface area (Å²) < 4.78 is 0. The first-order chi connectivity index (χ1) is 6.20. The maximum absolute atomic E-state index is 10.8. The lowest BCUT2D eigenvalue weighted by Crippen LogP contribution is -1.99. The summed E-state index contributed by atoms with van der Waals surface area (Å²) >= 11 is 0. The molecule has 0 spiro atoms. The Kier molecular flexibility index (Phi) is 7.21. The number of hydrogen-bond donors (Lipinski definition) is 1. The zero-order chi connectivity index (χ0) is 10.1. The third kappa shape index (κ3) is 7.47. The van der Waals surface area contributed by atoms with Gasteiger partial charge in [-0.15, -0.1) is 0 Å². The van der Waals surface area contributed by atoms with E-state index >= 15 is 0 Å². The molecule has 0 saturated heterocycles. The molecule has 1 N–H and O–H groups in total. The molecule has 0 aromatic rings. The van der Waals surface area contributed by atoms with Crippen LogP contribution in [0, 0.1) is 0 Å². The fraction of sp³-hybridized carbons (Fsp3) is 0.545. The van der Waals surface area contributed by atoms with E-state index in [0.717, 1.165) is 12.8 Å². The van der Waals surface area contributed by atoms with E-state index in [9.17, 15) is 9.90 Å². The van der Waals surface area contributed by atoms with Gasteiger partial charge in [0.2, 0.25) is 0 Å². The molecule has 0 aromatic carbocycles. The van der Waals surface area contributed by atoms with Crippen molar-refractivity contribution in [1.82, 2.24) is 0 Å². The van der Waals surface area contributed by atoms with Gasteiger partial charge in [0, 0.05) is 6.42 Å². The van der Waals surface area contributed by atoms with Crippen molar-refractivity contribution in [2.75, 3.05) is 0 Å². The number of rotatable bonds is 6. The summed E-state index contributed by atoms with van der Waals surface area (Å²) in [6, 6.07) is 0. The van der Waals surface area contributed by atoms with Crippen molar-refractivity contribution in [2.45, 2.75) is 39.2 Å². The maximum atomic E-state index is 10.8. The van der Waals surface area contributed by atoms with Gasteiger partial charge in [-0.25, -0.2) is 0 Å². The standard InChI is InChI=1S/C11H18O2/c1-3-7-11(13)9-6-5-8-10(12)4-2/h5-6,8-9,11,13H,3-4,7H2,1-2H3. The predicted molar refractivity (Wildman–Crippen MR) is 54.5 cm³/mol. The molecule has 0 bridgehead atoms. The van der Waals surface area contributed by atoms with Gasteiger partial charge in [0.1, 0.15) is 0 Å². The Bertz CT molecular complexity index is 192. The number of carbonyl (C=O) groups is 1. The highest BCUT2D eigenvalue weighted by atomic mass is 16.3. The number of allylic oxidation sites excluding steroid dienone is 3. The third-order valence-electron chi connectivity index (χ3n) is 1.66. The second-order valence-electron chi connectivity index (χ2n) is 2.92. The molecule has 0 heterocycles. The van der Waals surface area contributed by atoms with Gasteiger partial charge in [0.25, 0.3) is 0 Å². The van der Waals surface area contributed by atoms with Crippen LogP contribution in [0.25, 0.3) is 0 Å². The molecule has 0 aliphatic carbocycles. The minimum Gasteiger partial charge on any atom is -0.389 e. The van der Waals surface area contributed by atoms with Crippen LogP contribution in [-0.4, -0.2) is 17.0 Å². The van der Waals surface area contributed by atoms with Gasteiger partial charge in [-0.1, -0.05) is 38.5 Å². The van der Waals surface area contributed by atoms with E-state index in [4.69, 9.17) is 0 Å². The van der Waals surface area contributed by atoms with E-state index in [1.165, 1.54) is 6.08 Å². The number of hydrogen-bond acceptors (Lipinski definition) is 2. The largest absolute Gasteiger partial charge is 0.389 e. The topological polar surface area (TPSA) is 37.3 Å². The SMILES string of the molecule is CCCC(O)C=CC=CC(=O)CC. The van der Waals surface area contributed by atoms with Crippen LogP contribution in [0.5, 0.6) is 0 Å². The minimum atomic E-state index is -0.383. The molecule has 0 fully saturated rings. The van der Waals surface area contributed by atoms with Crippen LogP contribution in [-0.2, 0) is 4.79 Å². The lowest BCUT2D eigenvalue weighted by molar-refractivity contribution is -0.114. The second kappa shape index (κ2) is 7.74. The highest BCUT2D eigenvalue weighted by Crippen LogP contribution is 1.97. The smallest absolute Gasteiger partial charge is 0.155 e. The second-order valence-corrected chi connectivity index (χ2v) is 2.92. The quantitative estimate of drug-likeness (QED) is 0.505. The zero-order valence-electron chi connectivity index (χ0n) is 8.36. The van der Waals surface area contributed by atoms with Crippen LogP contribution < -0.4 is 0 Å². The summed E-state index contributed by atoms with van der Waals surface area (Å²) in [5.74, 6) is 0.106. The Balaban J connectivity index is 3.73. The molecule has 74 valence electrons. The fourth-order valence-corrected chi connectivity index (χ4v) is 0.865. The van der Waals surface area contributed by atoms with E-state index in [0.29, 0.717) is 6.42 Å². The summed E-state index contributed by atoms with van der Waals surface area (Å²) in [5.41, 5.74) is 0. The van der Waals surface area contributed by atoms with E-state index in [-0.39, 0.29) is 11.9 Å². The summed E-state index contributed by atoms with van der Waals surface area (Å²) in [6.45, 7) is 3.84. The summed E-state index contributed by atoms with van der Waals surface area (Å²) in [6.07, 6.45) is 8.49. The van der Waals surface area contributed by atoms with Gasteiger partial charge in [-0.2, -0.15) is 0 Å². The molecular weight excluding hydrogens is 164 g/mol. The monoisotopic (exact) mass is 182 g/mol. The summed E-state index contributed by atoms with van der Waals surface area (Å²) in [5, 5.41) is 9.27. The molecule has 1 unspecified atom stereocenters. The van der Waals surface area contributed by atoms with Crippen LogP contribution in [0.3, 0.4) is 0 Å². The van der Waals surface area contributed by atoms with Crippen molar-refractivity contribution in [1.29, 1.82) is 0 Å².